The van der Waals surface area contributed by atoms with Gasteiger partial charge in [-0.3, -0.25) is 19.2 Å². The molecule has 5 atom stereocenters. The van der Waals surface area contributed by atoms with Gasteiger partial charge >= 0.3 is 35.8 Å². The lowest BCUT2D eigenvalue weighted by atomic mass is 9.67. The minimum atomic E-state index is -1.16. The van der Waals surface area contributed by atoms with Crippen molar-refractivity contribution in [1.29, 1.82) is 0 Å². The van der Waals surface area contributed by atoms with Gasteiger partial charge in [0.15, 0.2) is 0 Å². The molecule has 0 saturated carbocycles. The van der Waals surface area contributed by atoms with E-state index in [1.165, 1.54) is 0 Å². The smallest absolute Gasteiger partial charge is 0.355 e. The van der Waals surface area contributed by atoms with Gasteiger partial charge in [-0.25, -0.2) is 9.59 Å². The number of unbranched alkanes of at least 4 members (excludes halogenated alkanes) is 6. The number of nitrogens with one attached hydrogen (secondary N) is 1. The number of fused-ring (bicyclic) bond motifs is 2. The van der Waals surface area contributed by atoms with Gasteiger partial charge in [0.25, 0.3) is 0 Å². The summed E-state index contributed by atoms with van der Waals surface area (Å²) in [6, 6.07) is 0. The third-order valence-corrected chi connectivity index (χ3v) is 11.8. The Labute approximate surface area is 355 Å². The Kier molecular flexibility index (Phi) is 20.9. The molecule has 60 heavy (non-hydrogen) atoms. The topological polar surface area (TPSA) is 212 Å². The lowest BCUT2D eigenvalue weighted by Gasteiger charge is -2.35. The van der Waals surface area contributed by atoms with E-state index < -0.39 is 59.4 Å². The number of carboxylic acid groups (broad SMARTS) is 3. The molecule has 0 amide bonds. The molecule has 0 bridgehead atoms. The number of aliphatic carboxylic acids is 2. The molecule has 2 aromatic rings. The van der Waals surface area contributed by atoms with Crippen LogP contribution in [0.25, 0.3) is 0 Å². The van der Waals surface area contributed by atoms with Gasteiger partial charge in [0.1, 0.15) is 11.4 Å². The van der Waals surface area contributed by atoms with Crippen molar-refractivity contribution in [3.8, 4) is 0 Å². The third kappa shape index (κ3) is 12.7. The first kappa shape index (κ1) is 49.7. The van der Waals surface area contributed by atoms with Crippen molar-refractivity contribution in [1.82, 2.24) is 9.55 Å². The summed E-state index contributed by atoms with van der Waals surface area (Å²) in [7, 11) is 0. The SMILES string of the molecule is CCCCOC(=O)c1[nH]cc2c1CC(C(=O)OCCCC)C(C(=O)OCCCC)C2.CCCCc1c2c(c(C(=O)O)n1CCCC)CC(C(=O)O)C(C(=O)O)C2CCCC. The molecule has 14 nitrogen and oxygen atoms in total. The predicted octanol–water partition coefficient (Wildman–Crippen LogP) is 8.55. The molecule has 0 fully saturated rings. The van der Waals surface area contributed by atoms with E-state index in [0.29, 0.717) is 56.9 Å². The highest BCUT2D eigenvalue weighted by Gasteiger charge is 2.48. The number of aromatic nitrogens is 2. The first-order valence-corrected chi connectivity index (χ1v) is 22.4. The van der Waals surface area contributed by atoms with Gasteiger partial charge in [0.2, 0.25) is 0 Å². The number of carboxylic acids is 3. The largest absolute Gasteiger partial charge is 0.481 e. The van der Waals surface area contributed by atoms with Gasteiger partial charge < -0.3 is 39.1 Å². The lowest BCUT2D eigenvalue weighted by molar-refractivity contribution is -0.161. The summed E-state index contributed by atoms with van der Waals surface area (Å²) in [6.45, 7) is 13.8. The van der Waals surface area contributed by atoms with E-state index in [2.05, 4.69) is 11.9 Å². The van der Waals surface area contributed by atoms with Crippen molar-refractivity contribution in [2.45, 2.75) is 163 Å². The molecule has 14 heteroatoms. The fourth-order valence-corrected chi connectivity index (χ4v) is 8.51. The van der Waals surface area contributed by atoms with Crippen LogP contribution in [0, 0.1) is 23.7 Å². The molecule has 336 valence electrons. The van der Waals surface area contributed by atoms with Gasteiger partial charge in [0.05, 0.1) is 43.5 Å². The summed E-state index contributed by atoms with van der Waals surface area (Å²) in [5.41, 5.74) is 4.41. The number of H-pyrrole nitrogens is 1. The number of aromatic carboxylic acids is 1. The van der Waals surface area contributed by atoms with Crippen molar-refractivity contribution in [3.05, 3.63) is 45.5 Å². The summed E-state index contributed by atoms with van der Waals surface area (Å²) < 4.78 is 18.0. The summed E-state index contributed by atoms with van der Waals surface area (Å²) >= 11 is 0. The molecule has 0 aliphatic heterocycles. The van der Waals surface area contributed by atoms with E-state index in [1.807, 2.05) is 39.2 Å². The molecule has 0 aromatic carbocycles. The fourth-order valence-electron chi connectivity index (χ4n) is 8.51. The first-order valence-electron chi connectivity index (χ1n) is 22.4. The molecular formula is C46H70N2O12. The maximum absolute atomic E-state index is 12.8. The average molecular weight is 843 g/mol. The number of rotatable bonds is 24. The van der Waals surface area contributed by atoms with Crippen molar-refractivity contribution in [2.75, 3.05) is 19.8 Å². The number of ether oxygens (including phenoxy) is 3. The summed E-state index contributed by atoms with van der Waals surface area (Å²) in [5, 5.41) is 29.8. The van der Waals surface area contributed by atoms with Gasteiger partial charge in [-0.15, -0.1) is 0 Å². The number of hydrogen-bond acceptors (Lipinski definition) is 9. The van der Waals surface area contributed by atoms with Crippen LogP contribution in [0.4, 0.5) is 0 Å². The monoisotopic (exact) mass is 842 g/mol. The van der Waals surface area contributed by atoms with E-state index in [9.17, 15) is 44.1 Å². The zero-order chi connectivity index (χ0) is 44.4. The predicted molar refractivity (Wildman–Crippen MR) is 225 cm³/mol. The van der Waals surface area contributed by atoms with E-state index >= 15 is 0 Å². The Bertz CT molecular complexity index is 1740. The quantitative estimate of drug-likeness (QED) is 0.0445. The van der Waals surface area contributed by atoms with Crippen molar-refractivity contribution in [3.63, 3.8) is 0 Å². The second-order valence-electron chi connectivity index (χ2n) is 16.2. The second-order valence-corrected chi connectivity index (χ2v) is 16.2. The molecular weight excluding hydrogens is 773 g/mol. The minimum absolute atomic E-state index is 0.0376. The average Bonchev–Trinajstić information content (AvgIpc) is 3.79. The Morgan fingerprint density at radius 2 is 1.18 bits per heavy atom. The fraction of sp³-hybridized carbons (Fsp3) is 0.696. The molecule has 5 unspecified atom stereocenters. The molecule has 2 aromatic heterocycles. The zero-order valence-corrected chi connectivity index (χ0v) is 36.8. The normalized spacial score (nSPS) is 19.3. The number of aromatic amines is 1. The minimum Gasteiger partial charge on any atom is -0.481 e. The Balaban J connectivity index is 0.000000320. The summed E-state index contributed by atoms with van der Waals surface area (Å²) in [4.78, 5) is 77.4. The molecule has 0 radical (unpaired) electrons. The van der Waals surface area contributed by atoms with Crippen molar-refractivity contribution >= 4 is 35.8 Å². The van der Waals surface area contributed by atoms with E-state index in [4.69, 9.17) is 14.2 Å². The van der Waals surface area contributed by atoms with Gasteiger partial charge in [-0.1, -0.05) is 86.5 Å². The van der Waals surface area contributed by atoms with Crippen LogP contribution < -0.4 is 0 Å². The molecule has 2 heterocycles. The van der Waals surface area contributed by atoms with E-state index in [0.717, 1.165) is 99.4 Å². The highest BCUT2D eigenvalue weighted by Crippen LogP contribution is 2.47. The Morgan fingerprint density at radius 1 is 0.650 bits per heavy atom. The Hall–Kier alpha value is -4.62. The maximum Gasteiger partial charge on any atom is 0.355 e. The van der Waals surface area contributed by atoms with Crippen LogP contribution in [0.1, 0.15) is 180 Å². The van der Waals surface area contributed by atoms with Crippen LogP contribution in [0.15, 0.2) is 6.20 Å². The van der Waals surface area contributed by atoms with Gasteiger partial charge in [-0.05, 0) is 86.5 Å². The van der Waals surface area contributed by atoms with Crippen LogP contribution in [-0.2, 0) is 65.6 Å². The van der Waals surface area contributed by atoms with Crippen molar-refractivity contribution < 1.29 is 58.3 Å². The standard InChI is InChI=1S/2C23H35NO6/c1-4-7-10-28-21(25)18-13-16-15-24-20(23(27)30-12-9-6-3)17(16)14-19(18)22(26)29-11-8-5-2;1-4-7-10-14-18-15(13-16(21(25)26)19(14)22(27)28)20(23(29)30)24(12-9-6-3)17(18)11-8-5-2/h15,18-19,24H,4-14H2,1-3H3;14,16,19H,4-13H2,1-3H3,(H,25,26)(H,27,28)(H,29,30). The molecule has 4 N–H and O–H groups in total. The third-order valence-electron chi connectivity index (χ3n) is 11.8. The molecule has 0 spiro atoms. The Morgan fingerprint density at radius 3 is 1.70 bits per heavy atom. The summed E-state index contributed by atoms with van der Waals surface area (Å²) in [6.07, 6.45) is 13.8. The zero-order valence-electron chi connectivity index (χ0n) is 36.8. The highest BCUT2D eigenvalue weighted by atomic mass is 16.5. The van der Waals surface area contributed by atoms with E-state index in [-0.39, 0.29) is 24.5 Å². The molecule has 2 aliphatic carbocycles. The van der Waals surface area contributed by atoms with Crippen LogP contribution in [-0.4, -0.2) is 80.5 Å². The van der Waals surface area contributed by atoms with Crippen LogP contribution in [0.5, 0.6) is 0 Å². The number of carbonyl (C=O) groups excluding carboxylic acids is 3. The number of nitrogens with zero attached hydrogens (tertiary/aromatic N) is 1. The van der Waals surface area contributed by atoms with Gasteiger partial charge in [-0.2, -0.15) is 0 Å². The maximum atomic E-state index is 12.8. The lowest BCUT2D eigenvalue weighted by Crippen LogP contribution is -2.40. The van der Waals surface area contributed by atoms with Crippen LogP contribution >= 0.6 is 0 Å². The number of hydrogen-bond donors (Lipinski definition) is 4. The van der Waals surface area contributed by atoms with Crippen LogP contribution in [0.2, 0.25) is 0 Å². The first-order chi connectivity index (χ1) is 28.8. The van der Waals surface area contributed by atoms with Crippen molar-refractivity contribution in [2.24, 2.45) is 23.7 Å². The number of carbonyl (C=O) groups is 6. The molecule has 2 aliphatic rings. The molecule has 4 rings (SSSR count). The highest BCUT2D eigenvalue weighted by molar-refractivity contribution is 5.92. The summed E-state index contributed by atoms with van der Waals surface area (Å²) in [5.74, 6) is -8.43. The second kappa shape index (κ2) is 25.2. The molecule has 0 saturated heterocycles. The number of esters is 3. The van der Waals surface area contributed by atoms with E-state index in [1.54, 1.807) is 6.20 Å². The van der Waals surface area contributed by atoms with Crippen LogP contribution in [0.3, 0.4) is 0 Å². The van der Waals surface area contributed by atoms with Gasteiger partial charge in [0, 0.05) is 24.4 Å².